The molecule has 18 heavy (non-hydrogen) atoms. The minimum atomic E-state index is -0.525. The number of halogens is 1. The lowest BCUT2D eigenvalue weighted by Crippen LogP contribution is -2.25. The Kier molecular flexibility index (Phi) is 5.58. The average Bonchev–Trinajstić information content (AvgIpc) is 2.33. The van der Waals surface area contributed by atoms with Crippen LogP contribution in [0, 0.1) is 17.0 Å². The van der Waals surface area contributed by atoms with Gasteiger partial charge in [0.1, 0.15) is 5.56 Å². The molecule has 0 heterocycles. The maximum absolute atomic E-state index is 11.8. The van der Waals surface area contributed by atoms with Crippen LogP contribution in [0.25, 0.3) is 0 Å². The van der Waals surface area contributed by atoms with E-state index in [1.165, 1.54) is 6.07 Å². The number of amides is 1. The number of carbonyl (C=O) groups excluding carboxylic acids is 1. The van der Waals surface area contributed by atoms with Gasteiger partial charge in [-0.15, -0.1) is 11.6 Å². The van der Waals surface area contributed by atoms with Crippen LogP contribution in [-0.4, -0.2) is 23.3 Å². The number of para-hydroxylation sites is 1. The van der Waals surface area contributed by atoms with Crippen LogP contribution in [0.1, 0.15) is 28.8 Å². The van der Waals surface area contributed by atoms with E-state index in [1.54, 1.807) is 19.1 Å². The van der Waals surface area contributed by atoms with Gasteiger partial charge in [0.15, 0.2) is 0 Å². The fourth-order valence-corrected chi connectivity index (χ4v) is 1.79. The van der Waals surface area contributed by atoms with E-state index in [-0.39, 0.29) is 11.3 Å². The molecule has 0 fully saturated rings. The smallest absolute Gasteiger partial charge is 0.285 e. The van der Waals surface area contributed by atoms with Gasteiger partial charge in [0.05, 0.1) is 4.92 Å². The predicted molar refractivity (Wildman–Crippen MR) is 70.1 cm³/mol. The molecule has 1 aromatic carbocycles. The summed E-state index contributed by atoms with van der Waals surface area (Å²) in [5.41, 5.74) is 0.451. The van der Waals surface area contributed by atoms with Gasteiger partial charge >= 0.3 is 0 Å². The second-order valence-electron chi connectivity index (χ2n) is 3.88. The third-order valence-corrected chi connectivity index (χ3v) is 2.78. The maximum atomic E-state index is 11.8. The lowest BCUT2D eigenvalue weighted by molar-refractivity contribution is -0.385. The average molecular weight is 271 g/mol. The van der Waals surface area contributed by atoms with Gasteiger partial charge in [-0.05, 0) is 25.8 Å². The van der Waals surface area contributed by atoms with Crippen LogP contribution < -0.4 is 5.32 Å². The number of nitrogens with one attached hydrogen (secondary N) is 1. The Morgan fingerprint density at radius 2 is 2.17 bits per heavy atom. The molecule has 0 saturated carbocycles. The Morgan fingerprint density at radius 3 is 2.78 bits per heavy atom. The highest BCUT2D eigenvalue weighted by atomic mass is 35.5. The first kappa shape index (κ1) is 14.4. The highest BCUT2D eigenvalue weighted by Gasteiger charge is 2.21. The number of unbranched alkanes of at least 4 members (excludes halogenated alkanes) is 1. The molecule has 1 aromatic rings. The van der Waals surface area contributed by atoms with E-state index >= 15 is 0 Å². The van der Waals surface area contributed by atoms with Gasteiger partial charge in [-0.3, -0.25) is 14.9 Å². The summed E-state index contributed by atoms with van der Waals surface area (Å²) in [5.74, 6) is 0.125. The topological polar surface area (TPSA) is 72.2 Å². The molecule has 0 aliphatic rings. The summed E-state index contributed by atoms with van der Waals surface area (Å²) in [7, 11) is 0. The summed E-state index contributed by atoms with van der Waals surface area (Å²) in [6, 6.07) is 4.71. The van der Waals surface area contributed by atoms with E-state index in [2.05, 4.69) is 5.32 Å². The molecule has 1 amide bonds. The molecule has 0 atom stereocenters. The molecule has 0 spiro atoms. The number of hydrogen-bond donors (Lipinski definition) is 1. The Balaban J connectivity index is 2.79. The second kappa shape index (κ2) is 6.96. The third-order valence-electron chi connectivity index (χ3n) is 2.51. The number of nitrogens with zero attached hydrogens (tertiary/aromatic N) is 1. The fraction of sp³-hybridized carbons (Fsp3) is 0.417. The van der Waals surface area contributed by atoms with Gasteiger partial charge in [-0.1, -0.05) is 12.1 Å². The number of benzene rings is 1. The molecule has 1 N–H and O–H groups in total. The van der Waals surface area contributed by atoms with Gasteiger partial charge in [0.2, 0.25) is 0 Å². The second-order valence-corrected chi connectivity index (χ2v) is 4.26. The normalized spacial score (nSPS) is 10.1. The molecule has 5 nitrogen and oxygen atoms in total. The molecule has 0 bridgehead atoms. The summed E-state index contributed by atoms with van der Waals surface area (Å²) in [6.07, 6.45) is 1.56. The number of nitro groups is 1. The van der Waals surface area contributed by atoms with Crippen LogP contribution >= 0.6 is 11.6 Å². The largest absolute Gasteiger partial charge is 0.352 e. The molecule has 98 valence electrons. The lowest BCUT2D eigenvalue weighted by atomic mass is 10.1. The molecule has 0 radical (unpaired) electrons. The van der Waals surface area contributed by atoms with Gasteiger partial charge in [-0.2, -0.15) is 0 Å². The van der Waals surface area contributed by atoms with E-state index in [0.29, 0.717) is 18.0 Å². The molecule has 0 aliphatic carbocycles. The van der Waals surface area contributed by atoms with Gasteiger partial charge in [0, 0.05) is 18.0 Å². The van der Waals surface area contributed by atoms with E-state index < -0.39 is 10.8 Å². The van der Waals surface area contributed by atoms with Crippen molar-refractivity contribution in [1.29, 1.82) is 0 Å². The van der Waals surface area contributed by atoms with Crippen LogP contribution in [0.3, 0.4) is 0 Å². The van der Waals surface area contributed by atoms with Crippen molar-refractivity contribution < 1.29 is 9.72 Å². The summed E-state index contributed by atoms with van der Waals surface area (Å²) in [6.45, 7) is 2.08. The third kappa shape index (κ3) is 3.70. The van der Waals surface area contributed by atoms with Crippen molar-refractivity contribution in [1.82, 2.24) is 5.32 Å². The van der Waals surface area contributed by atoms with Crippen molar-refractivity contribution in [2.45, 2.75) is 19.8 Å². The minimum Gasteiger partial charge on any atom is -0.352 e. The summed E-state index contributed by atoms with van der Waals surface area (Å²) >= 11 is 5.52. The van der Waals surface area contributed by atoms with Crippen LogP contribution in [0.15, 0.2) is 18.2 Å². The summed E-state index contributed by atoms with van der Waals surface area (Å²) in [4.78, 5) is 22.2. The molecular formula is C12H15ClN2O3. The first-order valence-electron chi connectivity index (χ1n) is 5.66. The van der Waals surface area contributed by atoms with E-state index in [1.807, 2.05) is 0 Å². The van der Waals surface area contributed by atoms with Gasteiger partial charge in [-0.25, -0.2) is 0 Å². The number of aryl methyl sites for hydroxylation is 1. The fourth-order valence-electron chi connectivity index (χ4n) is 1.60. The quantitative estimate of drug-likeness (QED) is 0.374. The summed E-state index contributed by atoms with van der Waals surface area (Å²) < 4.78 is 0. The predicted octanol–water partition coefficient (Wildman–Crippen LogP) is 2.65. The molecule has 0 aromatic heterocycles. The zero-order chi connectivity index (χ0) is 13.5. The number of nitro benzene ring substituents is 1. The summed E-state index contributed by atoms with van der Waals surface area (Å²) in [5, 5.41) is 13.6. The number of alkyl halides is 1. The van der Waals surface area contributed by atoms with Crippen molar-refractivity contribution in [2.75, 3.05) is 12.4 Å². The molecule has 0 aliphatic heterocycles. The molecule has 6 heteroatoms. The molecule has 0 saturated heterocycles. The number of carbonyl (C=O) groups is 1. The highest BCUT2D eigenvalue weighted by molar-refractivity contribution is 6.17. The van der Waals surface area contributed by atoms with E-state index in [9.17, 15) is 14.9 Å². The Hall–Kier alpha value is -1.62. The lowest BCUT2D eigenvalue weighted by Gasteiger charge is -2.06. The van der Waals surface area contributed by atoms with E-state index in [0.717, 1.165) is 12.8 Å². The van der Waals surface area contributed by atoms with Crippen LogP contribution in [0.4, 0.5) is 5.69 Å². The first-order valence-corrected chi connectivity index (χ1v) is 6.19. The minimum absolute atomic E-state index is 0.103. The standard InChI is InChI=1S/C12H15ClN2O3/c1-9-5-4-6-10(11(9)15(17)18)12(16)14-8-3-2-7-13/h4-6H,2-3,7-8H2,1H3,(H,14,16). The van der Waals surface area contributed by atoms with Crippen LogP contribution in [0.2, 0.25) is 0 Å². The Bertz CT molecular complexity index is 449. The van der Waals surface area contributed by atoms with Crippen molar-refractivity contribution in [3.8, 4) is 0 Å². The number of rotatable bonds is 6. The number of hydrogen-bond acceptors (Lipinski definition) is 3. The van der Waals surface area contributed by atoms with Crippen molar-refractivity contribution in [3.05, 3.63) is 39.4 Å². The van der Waals surface area contributed by atoms with Crippen molar-refractivity contribution in [3.63, 3.8) is 0 Å². The highest BCUT2D eigenvalue weighted by Crippen LogP contribution is 2.22. The zero-order valence-corrected chi connectivity index (χ0v) is 10.9. The van der Waals surface area contributed by atoms with Crippen LogP contribution in [-0.2, 0) is 0 Å². The molecular weight excluding hydrogens is 256 g/mol. The Morgan fingerprint density at radius 1 is 1.44 bits per heavy atom. The first-order chi connectivity index (χ1) is 8.57. The van der Waals surface area contributed by atoms with Crippen molar-refractivity contribution in [2.24, 2.45) is 0 Å². The SMILES string of the molecule is Cc1cccc(C(=O)NCCCCCl)c1[N+](=O)[O-]. The van der Waals surface area contributed by atoms with Gasteiger partial charge < -0.3 is 5.32 Å². The maximum Gasteiger partial charge on any atom is 0.285 e. The zero-order valence-electron chi connectivity index (χ0n) is 10.1. The molecule has 1 rings (SSSR count). The van der Waals surface area contributed by atoms with Gasteiger partial charge in [0.25, 0.3) is 11.6 Å². The van der Waals surface area contributed by atoms with E-state index in [4.69, 9.17) is 11.6 Å². The Labute approximate surface area is 110 Å². The van der Waals surface area contributed by atoms with Crippen LogP contribution in [0.5, 0.6) is 0 Å². The van der Waals surface area contributed by atoms with Crippen molar-refractivity contribution >= 4 is 23.2 Å². The molecule has 0 unspecified atom stereocenters. The monoisotopic (exact) mass is 270 g/mol.